The van der Waals surface area contributed by atoms with Crippen molar-refractivity contribution in [3.05, 3.63) is 64.7 Å². The first kappa shape index (κ1) is 30.0. The zero-order valence-electron chi connectivity index (χ0n) is 22.6. The number of nitrogens with zero attached hydrogens (tertiary/aromatic N) is 4. The van der Waals surface area contributed by atoms with E-state index in [1.165, 1.54) is 22.4 Å². The second-order valence-electron chi connectivity index (χ2n) is 9.45. The smallest absolute Gasteiger partial charge is 0.475 e. The molecule has 3 aromatic rings. The number of fused-ring (bicyclic) bond motifs is 1. The van der Waals surface area contributed by atoms with Crippen LogP contribution in [0.15, 0.2) is 47.4 Å². The maximum absolute atomic E-state index is 13.6. The van der Waals surface area contributed by atoms with Crippen LogP contribution in [0.5, 0.6) is 0 Å². The molecule has 2 aromatic carbocycles. The minimum Gasteiger partial charge on any atom is -0.475 e. The lowest BCUT2D eigenvalue weighted by Crippen LogP contribution is -2.34. The number of rotatable bonds is 6. The van der Waals surface area contributed by atoms with Gasteiger partial charge in [-0.15, -0.1) is 0 Å². The fraction of sp³-hybridized carbons (Fsp3) is 0.407. The summed E-state index contributed by atoms with van der Waals surface area (Å²) in [5.41, 5.74) is 5.85. The van der Waals surface area contributed by atoms with Crippen LogP contribution in [0.1, 0.15) is 42.0 Å². The SMILES string of the molecule is CCCN(c1c2c(nn1C)N(c1c(C)cc(C)cc1C)CCC2)S(=O)(=O)c1ccccc1.O=C(O)C(F)(F)F. The average molecular weight is 567 g/mol. The summed E-state index contributed by atoms with van der Waals surface area (Å²) in [4.78, 5) is 11.5. The van der Waals surface area contributed by atoms with Gasteiger partial charge in [-0.05, 0) is 63.3 Å². The number of carboxylic acids is 1. The van der Waals surface area contributed by atoms with E-state index in [-0.39, 0.29) is 0 Å². The van der Waals surface area contributed by atoms with Gasteiger partial charge in [-0.2, -0.15) is 18.3 Å². The molecule has 4 rings (SSSR count). The van der Waals surface area contributed by atoms with E-state index in [0.29, 0.717) is 23.7 Å². The summed E-state index contributed by atoms with van der Waals surface area (Å²) in [6, 6.07) is 13.1. The van der Waals surface area contributed by atoms with Gasteiger partial charge >= 0.3 is 12.1 Å². The van der Waals surface area contributed by atoms with Crippen molar-refractivity contribution in [1.82, 2.24) is 9.78 Å². The highest BCUT2D eigenvalue weighted by molar-refractivity contribution is 7.92. The number of hydrogen-bond acceptors (Lipinski definition) is 5. The molecule has 0 atom stereocenters. The first-order valence-corrected chi connectivity index (χ1v) is 13.9. The topological polar surface area (TPSA) is 95.7 Å². The standard InChI is InChI=1S/C25H32N4O2S.C2HF3O2/c1-6-14-29(32(30,31)21-11-8-7-9-12-21)25-22-13-10-15-28(24(22)26-27(25)5)23-19(3)16-18(2)17-20(23)4;3-2(4,5)1(6)7/h7-9,11-12,16-17H,6,10,13-15H2,1-5H3;(H,6,7). The molecule has 0 saturated carbocycles. The average Bonchev–Trinajstić information content (AvgIpc) is 3.18. The molecule has 1 N–H and O–H groups in total. The van der Waals surface area contributed by atoms with Crippen molar-refractivity contribution in [2.75, 3.05) is 22.3 Å². The lowest BCUT2D eigenvalue weighted by molar-refractivity contribution is -0.192. The molecule has 1 aromatic heterocycles. The number of sulfonamides is 1. The van der Waals surface area contributed by atoms with E-state index in [1.54, 1.807) is 33.3 Å². The van der Waals surface area contributed by atoms with Gasteiger partial charge in [-0.25, -0.2) is 22.2 Å². The van der Waals surface area contributed by atoms with Crippen LogP contribution in [0.3, 0.4) is 0 Å². The molecule has 0 spiro atoms. The number of carboxylic acid groups (broad SMARTS) is 1. The Hall–Kier alpha value is -3.54. The summed E-state index contributed by atoms with van der Waals surface area (Å²) in [5, 5.41) is 12.0. The second-order valence-corrected chi connectivity index (χ2v) is 11.3. The summed E-state index contributed by atoms with van der Waals surface area (Å²) in [5.74, 6) is -1.21. The Morgan fingerprint density at radius 2 is 1.67 bits per heavy atom. The summed E-state index contributed by atoms with van der Waals surface area (Å²) in [7, 11) is -1.84. The zero-order chi connectivity index (χ0) is 29.1. The Morgan fingerprint density at radius 1 is 1.10 bits per heavy atom. The summed E-state index contributed by atoms with van der Waals surface area (Å²) in [6.45, 7) is 9.66. The van der Waals surface area contributed by atoms with Crippen LogP contribution in [0.2, 0.25) is 0 Å². The normalized spacial score (nSPS) is 13.4. The minimum absolute atomic E-state index is 0.307. The number of anilines is 3. The van der Waals surface area contributed by atoms with E-state index in [9.17, 15) is 21.6 Å². The first-order valence-electron chi connectivity index (χ1n) is 12.5. The van der Waals surface area contributed by atoms with E-state index in [2.05, 4.69) is 37.8 Å². The van der Waals surface area contributed by atoms with Crippen molar-refractivity contribution in [3.63, 3.8) is 0 Å². The van der Waals surface area contributed by atoms with Gasteiger partial charge in [0.05, 0.1) is 4.90 Å². The maximum Gasteiger partial charge on any atom is 0.490 e. The van der Waals surface area contributed by atoms with Gasteiger partial charge in [-0.3, -0.25) is 0 Å². The highest BCUT2D eigenvalue weighted by atomic mass is 32.2. The molecule has 8 nitrogen and oxygen atoms in total. The van der Waals surface area contributed by atoms with Crippen molar-refractivity contribution in [2.45, 2.75) is 58.0 Å². The fourth-order valence-electron chi connectivity index (χ4n) is 4.90. The number of halogens is 3. The molecule has 0 radical (unpaired) electrons. The number of aliphatic carboxylic acids is 1. The van der Waals surface area contributed by atoms with Crippen LogP contribution in [-0.4, -0.2) is 48.5 Å². The summed E-state index contributed by atoms with van der Waals surface area (Å²) >= 11 is 0. The molecule has 1 aliphatic heterocycles. The third-order valence-corrected chi connectivity index (χ3v) is 8.10. The van der Waals surface area contributed by atoms with E-state index < -0.39 is 22.2 Å². The van der Waals surface area contributed by atoms with Crippen LogP contribution in [0, 0.1) is 20.8 Å². The van der Waals surface area contributed by atoms with Gasteiger partial charge in [0.1, 0.15) is 5.82 Å². The van der Waals surface area contributed by atoms with Gasteiger partial charge in [0.25, 0.3) is 10.0 Å². The molecule has 212 valence electrons. The van der Waals surface area contributed by atoms with Gasteiger partial charge in [0, 0.05) is 31.4 Å². The van der Waals surface area contributed by atoms with Crippen LogP contribution >= 0.6 is 0 Å². The van der Waals surface area contributed by atoms with E-state index in [4.69, 9.17) is 15.0 Å². The van der Waals surface area contributed by atoms with E-state index in [0.717, 1.165) is 30.8 Å². The molecule has 39 heavy (non-hydrogen) atoms. The Kier molecular flexibility index (Phi) is 8.99. The molecule has 0 fully saturated rings. The molecular formula is C27H33F3N4O4S. The van der Waals surface area contributed by atoms with Crippen LogP contribution < -0.4 is 9.21 Å². The van der Waals surface area contributed by atoms with Crippen LogP contribution in [-0.2, 0) is 28.3 Å². The highest BCUT2D eigenvalue weighted by Crippen LogP contribution is 2.41. The molecule has 12 heteroatoms. The van der Waals surface area contributed by atoms with Crippen LogP contribution in [0.4, 0.5) is 30.5 Å². The number of aryl methyl sites for hydroxylation is 4. The number of hydrogen-bond donors (Lipinski definition) is 1. The van der Waals surface area contributed by atoms with Gasteiger partial charge in [0.2, 0.25) is 0 Å². The quantitative estimate of drug-likeness (QED) is 0.413. The third kappa shape index (κ3) is 6.38. The monoisotopic (exact) mass is 566 g/mol. The van der Waals surface area contributed by atoms with Crippen molar-refractivity contribution in [1.29, 1.82) is 0 Å². The van der Waals surface area contributed by atoms with Gasteiger partial charge in [0.15, 0.2) is 5.82 Å². The maximum atomic E-state index is 13.6. The zero-order valence-corrected chi connectivity index (χ0v) is 23.4. The lowest BCUT2D eigenvalue weighted by Gasteiger charge is -2.32. The van der Waals surface area contributed by atoms with E-state index >= 15 is 0 Å². The third-order valence-electron chi connectivity index (χ3n) is 6.30. The molecule has 0 unspecified atom stereocenters. The molecular weight excluding hydrogens is 533 g/mol. The van der Waals surface area contributed by atoms with Gasteiger partial charge in [-0.1, -0.05) is 42.8 Å². The molecule has 0 aliphatic carbocycles. The molecule has 2 heterocycles. The molecule has 0 saturated heterocycles. The van der Waals surface area contributed by atoms with Crippen molar-refractivity contribution >= 4 is 33.3 Å². The Bertz CT molecular complexity index is 1410. The second kappa shape index (κ2) is 11.7. The van der Waals surface area contributed by atoms with Crippen LogP contribution in [0.25, 0.3) is 0 Å². The van der Waals surface area contributed by atoms with E-state index in [1.807, 2.05) is 20.0 Å². The van der Waals surface area contributed by atoms with Gasteiger partial charge < -0.3 is 10.0 Å². The molecule has 0 bridgehead atoms. The van der Waals surface area contributed by atoms with Crippen molar-refractivity contribution in [3.8, 4) is 0 Å². The first-order chi connectivity index (χ1) is 18.2. The number of benzene rings is 2. The largest absolute Gasteiger partial charge is 0.490 e. The predicted octanol–water partition coefficient (Wildman–Crippen LogP) is 5.67. The lowest BCUT2D eigenvalue weighted by atomic mass is 10.0. The Morgan fingerprint density at radius 3 is 2.18 bits per heavy atom. The number of alkyl halides is 3. The Labute approximate surface area is 226 Å². The number of carbonyl (C=O) groups is 1. The fourth-order valence-corrected chi connectivity index (χ4v) is 6.53. The molecule has 1 aliphatic rings. The highest BCUT2D eigenvalue weighted by Gasteiger charge is 2.38. The summed E-state index contributed by atoms with van der Waals surface area (Å²) < 4.78 is 62.3. The van der Waals surface area contributed by atoms with Crippen molar-refractivity contribution in [2.24, 2.45) is 7.05 Å². The Balaban J connectivity index is 0.000000532. The predicted molar refractivity (Wildman–Crippen MR) is 144 cm³/mol. The number of aromatic nitrogens is 2. The summed E-state index contributed by atoms with van der Waals surface area (Å²) in [6.07, 6.45) is -2.61. The van der Waals surface area contributed by atoms with Crippen molar-refractivity contribution < 1.29 is 31.5 Å². The minimum atomic E-state index is -5.08. The molecule has 0 amide bonds.